The van der Waals surface area contributed by atoms with Crippen LogP contribution in [-0.2, 0) is 14.8 Å². The molecule has 0 aliphatic carbocycles. The van der Waals surface area contributed by atoms with E-state index in [0.29, 0.717) is 0 Å². The summed E-state index contributed by atoms with van der Waals surface area (Å²) in [6.07, 6.45) is -0.233. The highest BCUT2D eigenvalue weighted by molar-refractivity contribution is 7.90. The minimum Gasteiger partial charge on any atom is -0.280 e. The Morgan fingerprint density at radius 3 is 2.00 bits per heavy atom. The van der Waals surface area contributed by atoms with Crippen molar-refractivity contribution in [1.82, 2.24) is 10.3 Å². The van der Waals surface area contributed by atoms with Gasteiger partial charge in [0, 0.05) is 0 Å². The standard InChI is InChI=1S/C2H3F3N2O3S/c3-2(4,5)11(9,10)7-6-1-8/h1,7H,(H,6,8). The number of carbonyl (C=O) groups is 1. The quantitative estimate of drug-likeness (QED) is 0.449. The second-order valence-corrected chi connectivity index (χ2v) is 2.99. The number of halogens is 3. The predicted octanol–water partition coefficient (Wildman–Crippen LogP) is -0.913. The van der Waals surface area contributed by atoms with Crippen molar-refractivity contribution in [3.63, 3.8) is 0 Å². The van der Waals surface area contributed by atoms with Crippen LogP contribution in [0.4, 0.5) is 13.2 Å². The Morgan fingerprint density at radius 2 is 1.73 bits per heavy atom. The lowest BCUT2D eigenvalue weighted by molar-refractivity contribution is -0.110. The van der Waals surface area contributed by atoms with Gasteiger partial charge >= 0.3 is 15.5 Å². The smallest absolute Gasteiger partial charge is 0.280 e. The van der Waals surface area contributed by atoms with Gasteiger partial charge in [0.1, 0.15) is 0 Å². The van der Waals surface area contributed by atoms with E-state index in [1.165, 1.54) is 0 Å². The minimum atomic E-state index is -5.45. The highest BCUT2D eigenvalue weighted by atomic mass is 32.2. The molecule has 2 N–H and O–H groups in total. The lowest BCUT2D eigenvalue weighted by Gasteiger charge is -2.06. The maximum Gasteiger partial charge on any atom is 0.513 e. The summed E-state index contributed by atoms with van der Waals surface area (Å²) in [7, 11) is -5.45. The summed E-state index contributed by atoms with van der Waals surface area (Å²) in [5.41, 5.74) is -4.26. The van der Waals surface area contributed by atoms with Crippen molar-refractivity contribution in [2.24, 2.45) is 0 Å². The Kier molecular flexibility index (Phi) is 2.82. The number of amides is 1. The summed E-state index contributed by atoms with van der Waals surface area (Å²) in [6.45, 7) is 0. The molecule has 0 fully saturated rings. The molecule has 0 saturated heterocycles. The Morgan fingerprint density at radius 1 is 1.27 bits per heavy atom. The summed E-state index contributed by atoms with van der Waals surface area (Å²) in [4.78, 5) is 10.2. The number of hydrogen-bond donors (Lipinski definition) is 2. The molecule has 0 unspecified atom stereocenters. The predicted molar refractivity (Wildman–Crippen MR) is 27.3 cm³/mol. The third-order valence-electron chi connectivity index (χ3n) is 0.557. The van der Waals surface area contributed by atoms with E-state index < -0.39 is 15.5 Å². The molecule has 0 aromatic carbocycles. The van der Waals surface area contributed by atoms with Crippen molar-refractivity contribution >= 4 is 16.4 Å². The molecule has 0 saturated carbocycles. The number of carbonyl (C=O) groups excluding carboxylic acids is 1. The highest BCUT2D eigenvalue weighted by Crippen LogP contribution is 2.20. The molecule has 0 spiro atoms. The third-order valence-corrected chi connectivity index (χ3v) is 1.55. The number of hydrogen-bond acceptors (Lipinski definition) is 3. The fraction of sp³-hybridized carbons (Fsp3) is 0.500. The van der Waals surface area contributed by atoms with Crippen LogP contribution in [0.2, 0.25) is 0 Å². The molecule has 0 rings (SSSR count). The Bertz CT molecular complexity index is 231. The first-order chi connectivity index (χ1) is 4.81. The Hall–Kier alpha value is -0.830. The van der Waals surface area contributed by atoms with Gasteiger partial charge in [-0.15, -0.1) is 4.83 Å². The maximum absolute atomic E-state index is 11.4. The van der Waals surface area contributed by atoms with Crippen LogP contribution in [0.15, 0.2) is 0 Å². The van der Waals surface area contributed by atoms with Gasteiger partial charge in [0.05, 0.1) is 0 Å². The SMILES string of the molecule is O=CNNS(=O)(=O)C(F)(F)F. The number of alkyl halides is 3. The number of nitrogens with one attached hydrogen (secondary N) is 2. The van der Waals surface area contributed by atoms with Crippen molar-refractivity contribution in [1.29, 1.82) is 0 Å². The number of hydrazine groups is 1. The van der Waals surface area contributed by atoms with E-state index in [1.807, 2.05) is 0 Å². The first kappa shape index (κ1) is 10.2. The highest BCUT2D eigenvalue weighted by Gasteiger charge is 2.45. The molecule has 0 aliphatic rings. The minimum absolute atomic E-state index is 0.233. The second kappa shape index (κ2) is 3.05. The molecule has 9 heteroatoms. The van der Waals surface area contributed by atoms with Crippen LogP contribution in [0.25, 0.3) is 0 Å². The second-order valence-electron chi connectivity index (χ2n) is 1.31. The maximum atomic E-state index is 11.4. The molecular weight excluding hydrogens is 189 g/mol. The van der Waals surface area contributed by atoms with Crippen LogP contribution in [-0.4, -0.2) is 20.3 Å². The van der Waals surface area contributed by atoms with E-state index in [2.05, 4.69) is 0 Å². The van der Waals surface area contributed by atoms with Crippen molar-refractivity contribution < 1.29 is 26.4 Å². The van der Waals surface area contributed by atoms with Crippen molar-refractivity contribution in [2.75, 3.05) is 0 Å². The fourth-order valence-corrected chi connectivity index (χ4v) is 0.478. The van der Waals surface area contributed by atoms with Gasteiger partial charge in [-0.1, -0.05) is 0 Å². The zero-order valence-electron chi connectivity index (χ0n) is 4.84. The molecule has 0 atom stereocenters. The van der Waals surface area contributed by atoms with E-state index in [1.54, 1.807) is 0 Å². The molecule has 1 amide bonds. The van der Waals surface area contributed by atoms with Crippen LogP contribution in [0.3, 0.4) is 0 Å². The van der Waals surface area contributed by atoms with Crippen molar-refractivity contribution in [2.45, 2.75) is 5.51 Å². The first-order valence-corrected chi connectivity index (χ1v) is 3.57. The van der Waals surface area contributed by atoms with Gasteiger partial charge in [-0.05, 0) is 0 Å². The molecule has 0 aromatic rings. The zero-order chi connectivity index (χ0) is 9.12. The van der Waals surface area contributed by atoms with Gasteiger partial charge in [0.2, 0.25) is 6.41 Å². The topological polar surface area (TPSA) is 75.3 Å². The Balaban J connectivity index is 4.37. The summed E-state index contributed by atoms with van der Waals surface area (Å²) in [5, 5.41) is 0. The Labute approximate surface area is 59.6 Å². The molecular formula is C2H3F3N2O3S. The van der Waals surface area contributed by atoms with E-state index in [0.717, 1.165) is 10.3 Å². The van der Waals surface area contributed by atoms with Gasteiger partial charge in [-0.25, -0.2) is 8.42 Å². The monoisotopic (exact) mass is 192 g/mol. The van der Waals surface area contributed by atoms with Gasteiger partial charge in [-0.2, -0.15) is 13.2 Å². The average molecular weight is 192 g/mol. The van der Waals surface area contributed by atoms with Gasteiger partial charge < -0.3 is 0 Å². The summed E-state index contributed by atoms with van der Waals surface area (Å²) in [5.74, 6) is 0. The van der Waals surface area contributed by atoms with Crippen LogP contribution in [0, 0.1) is 0 Å². The molecule has 0 aromatic heterocycles. The van der Waals surface area contributed by atoms with E-state index in [-0.39, 0.29) is 6.41 Å². The number of rotatable bonds is 3. The molecule has 0 radical (unpaired) electrons. The third kappa shape index (κ3) is 2.72. The largest absolute Gasteiger partial charge is 0.513 e. The first-order valence-electron chi connectivity index (χ1n) is 2.08. The summed E-state index contributed by atoms with van der Waals surface area (Å²) < 4.78 is 54.0. The van der Waals surface area contributed by atoms with Crippen LogP contribution in [0.5, 0.6) is 0 Å². The normalized spacial score (nSPS) is 12.6. The van der Waals surface area contributed by atoms with Crippen molar-refractivity contribution in [3.8, 4) is 0 Å². The van der Waals surface area contributed by atoms with Gasteiger partial charge in [-0.3, -0.25) is 10.2 Å². The number of sulfonamides is 1. The summed E-state index contributed by atoms with van der Waals surface area (Å²) in [6, 6.07) is 0. The lowest BCUT2D eigenvalue weighted by atomic mass is 11.4. The summed E-state index contributed by atoms with van der Waals surface area (Å²) >= 11 is 0. The fourth-order valence-electron chi connectivity index (χ4n) is 0.159. The van der Waals surface area contributed by atoms with Gasteiger partial charge in [0.15, 0.2) is 0 Å². The molecule has 0 aliphatic heterocycles. The van der Waals surface area contributed by atoms with E-state index in [4.69, 9.17) is 0 Å². The molecule has 11 heavy (non-hydrogen) atoms. The van der Waals surface area contributed by atoms with E-state index >= 15 is 0 Å². The van der Waals surface area contributed by atoms with Crippen LogP contribution in [0.1, 0.15) is 0 Å². The lowest BCUT2D eigenvalue weighted by Crippen LogP contribution is -2.43. The zero-order valence-corrected chi connectivity index (χ0v) is 5.66. The molecule has 0 heterocycles. The van der Waals surface area contributed by atoms with Crippen LogP contribution < -0.4 is 10.3 Å². The van der Waals surface area contributed by atoms with Crippen LogP contribution >= 0.6 is 0 Å². The molecule has 66 valence electrons. The molecule has 0 bridgehead atoms. The molecule has 5 nitrogen and oxygen atoms in total. The average Bonchev–Trinajstić information content (AvgIpc) is 1.81. The van der Waals surface area contributed by atoms with Gasteiger partial charge in [0.25, 0.3) is 0 Å². The van der Waals surface area contributed by atoms with Crippen molar-refractivity contribution in [3.05, 3.63) is 0 Å². The van der Waals surface area contributed by atoms with E-state index in [9.17, 15) is 26.4 Å².